The van der Waals surface area contributed by atoms with Crippen molar-refractivity contribution in [2.45, 2.75) is 6.54 Å². The fourth-order valence-corrected chi connectivity index (χ4v) is 3.04. The Morgan fingerprint density at radius 3 is 2.76 bits per heavy atom. The Morgan fingerprint density at radius 2 is 2.10 bits per heavy atom. The maximum Gasteiger partial charge on any atom is 0.147 e. The van der Waals surface area contributed by atoms with E-state index in [1.807, 2.05) is 38.6 Å². The predicted octanol–water partition coefficient (Wildman–Crippen LogP) is 2.16. The van der Waals surface area contributed by atoms with Gasteiger partial charge in [-0.15, -0.1) is 0 Å². The third kappa shape index (κ3) is 2.73. The van der Waals surface area contributed by atoms with Crippen LogP contribution in [0.15, 0.2) is 36.9 Å². The molecule has 3 aromatic rings. The van der Waals surface area contributed by atoms with Crippen molar-refractivity contribution in [1.82, 2.24) is 19.1 Å². The minimum Gasteiger partial charge on any atom is -0.382 e. The molecule has 3 aromatic heterocycles. The van der Waals surface area contributed by atoms with Gasteiger partial charge in [-0.3, -0.25) is 9.67 Å². The van der Waals surface area contributed by atoms with E-state index in [1.165, 1.54) is 11.5 Å². The molecule has 0 radical (unpaired) electrons. The highest BCUT2D eigenvalue weighted by Gasteiger charge is 2.17. The Kier molecular flexibility index (Phi) is 3.57. The van der Waals surface area contributed by atoms with Crippen molar-refractivity contribution in [3.05, 3.63) is 42.5 Å². The van der Waals surface area contributed by atoms with Gasteiger partial charge in [0.1, 0.15) is 10.8 Å². The zero-order chi connectivity index (χ0) is 14.8. The molecule has 0 bridgehead atoms. The molecule has 7 heteroatoms. The number of aryl methyl sites for hydroxylation is 1. The third-order valence-corrected chi connectivity index (χ3v) is 4.17. The number of nitrogen functional groups attached to an aromatic ring is 1. The number of rotatable bonds is 4. The Balaban J connectivity index is 1.92. The molecule has 6 nitrogen and oxygen atoms in total. The molecule has 0 aromatic carbocycles. The highest BCUT2D eigenvalue weighted by molar-refractivity contribution is 7.11. The van der Waals surface area contributed by atoms with Crippen LogP contribution in [-0.2, 0) is 13.6 Å². The average Bonchev–Trinajstić information content (AvgIpc) is 3.06. The number of hydrogen-bond acceptors (Lipinski definition) is 6. The number of nitrogens with two attached hydrogens (primary N) is 1. The molecular weight excluding hydrogens is 284 g/mol. The minimum absolute atomic E-state index is 0.555. The van der Waals surface area contributed by atoms with Crippen molar-refractivity contribution >= 4 is 22.4 Å². The van der Waals surface area contributed by atoms with Crippen molar-refractivity contribution in [3.63, 3.8) is 0 Å². The highest BCUT2D eigenvalue weighted by atomic mass is 32.1. The maximum atomic E-state index is 6.04. The summed E-state index contributed by atoms with van der Waals surface area (Å²) in [5, 5.41) is 5.24. The lowest BCUT2D eigenvalue weighted by molar-refractivity contribution is 0.766. The Morgan fingerprint density at radius 1 is 1.33 bits per heavy atom. The average molecular weight is 300 g/mol. The standard InChI is InChI=1S/C14H16N6S/c1-19(8-10-7-17-20(2)9-10)14-12(13(15)18-21-14)11-3-5-16-6-4-11/h3-7,9H,8H2,1-2H3,(H2,15,18). The molecule has 0 saturated carbocycles. The molecule has 21 heavy (non-hydrogen) atoms. The van der Waals surface area contributed by atoms with E-state index >= 15 is 0 Å². The second kappa shape index (κ2) is 5.53. The SMILES string of the molecule is CN(Cc1cnn(C)c1)c1snc(N)c1-c1ccncc1. The van der Waals surface area contributed by atoms with Gasteiger partial charge in [0.2, 0.25) is 0 Å². The predicted molar refractivity (Wildman–Crippen MR) is 85.1 cm³/mol. The number of aromatic nitrogens is 4. The van der Waals surface area contributed by atoms with Crippen LogP contribution >= 0.6 is 11.5 Å². The zero-order valence-electron chi connectivity index (χ0n) is 11.9. The Bertz CT molecular complexity index is 733. The van der Waals surface area contributed by atoms with E-state index in [0.29, 0.717) is 5.82 Å². The van der Waals surface area contributed by atoms with E-state index in [1.54, 1.807) is 17.1 Å². The van der Waals surface area contributed by atoms with Gasteiger partial charge in [-0.05, 0) is 29.2 Å². The zero-order valence-corrected chi connectivity index (χ0v) is 12.7. The van der Waals surface area contributed by atoms with Gasteiger partial charge in [0.15, 0.2) is 0 Å². The van der Waals surface area contributed by atoms with Crippen molar-refractivity contribution in [2.75, 3.05) is 17.7 Å². The van der Waals surface area contributed by atoms with E-state index in [2.05, 4.69) is 19.4 Å². The van der Waals surface area contributed by atoms with Gasteiger partial charge in [0.25, 0.3) is 0 Å². The fourth-order valence-electron chi connectivity index (χ4n) is 2.24. The third-order valence-electron chi connectivity index (χ3n) is 3.19. The summed E-state index contributed by atoms with van der Waals surface area (Å²) in [6, 6.07) is 3.89. The normalized spacial score (nSPS) is 10.8. The molecule has 0 fully saturated rings. The van der Waals surface area contributed by atoms with Crippen LogP contribution in [0.5, 0.6) is 0 Å². The first-order valence-corrected chi connectivity index (χ1v) is 7.26. The molecule has 3 rings (SSSR count). The second-order valence-electron chi connectivity index (χ2n) is 4.86. The molecule has 0 aliphatic heterocycles. The topological polar surface area (TPSA) is 72.9 Å². The number of pyridine rings is 1. The van der Waals surface area contributed by atoms with E-state index in [4.69, 9.17) is 5.73 Å². The first-order chi connectivity index (χ1) is 10.1. The van der Waals surface area contributed by atoms with Gasteiger partial charge in [-0.2, -0.15) is 9.47 Å². The molecule has 0 aliphatic rings. The van der Waals surface area contributed by atoms with Gasteiger partial charge >= 0.3 is 0 Å². The quantitative estimate of drug-likeness (QED) is 0.799. The summed E-state index contributed by atoms with van der Waals surface area (Å²) in [5.41, 5.74) is 9.19. The van der Waals surface area contributed by atoms with Crippen LogP contribution in [0.2, 0.25) is 0 Å². The monoisotopic (exact) mass is 300 g/mol. The van der Waals surface area contributed by atoms with Gasteiger partial charge in [-0.1, -0.05) is 0 Å². The van der Waals surface area contributed by atoms with Crippen LogP contribution in [-0.4, -0.2) is 26.2 Å². The van der Waals surface area contributed by atoms with E-state index in [0.717, 1.165) is 28.2 Å². The molecule has 0 aliphatic carbocycles. The fraction of sp³-hybridized carbons (Fsp3) is 0.214. The first kappa shape index (κ1) is 13.6. The molecule has 2 N–H and O–H groups in total. The van der Waals surface area contributed by atoms with Crippen molar-refractivity contribution in [1.29, 1.82) is 0 Å². The van der Waals surface area contributed by atoms with Crippen LogP contribution in [0.3, 0.4) is 0 Å². The molecule has 3 heterocycles. The van der Waals surface area contributed by atoms with Crippen LogP contribution in [0, 0.1) is 0 Å². The molecule has 0 amide bonds. The lowest BCUT2D eigenvalue weighted by Crippen LogP contribution is -2.15. The summed E-state index contributed by atoms with van der Waals surface area (Å²) in [6.07, 6.45) is 7.40. The Labute approximate surface area is 127 Å². The molecule has 0 saturated heterocycles. The molecular formula is C14H16N6S. The molecule has 0 spiro atoms. The van der Waals surface area contributed by atoms with Crippen LogP contribution in [0.4, 0.5) is 10.8 Å². The molecule has 0 atom stereocenters. The van der Waals surface area contributed by atoms with Gasteiger partial charge in [0, 0.05) is 44.8 Å². The smallest absolute Gasteiger partial charge is 0.147 e. The summed E-state index contributed by atoms with van der Waals surface area (Å²) < 4.78 is 6.10. The molecule has 108 valence electrons. The van der Waals surface area contributed by atoms with Crippen LogP contribution < -0.4 is 10.6 Å². The summed E-state index contributed by atoms with van der Waals surface area (Å²) in [6.45, 7) is 0.757. The van der Waals surface area contributed by atoms with Gasteiger partial charge in [0.05, 0.1) is 11.8 Å². The Hall–Kier alpha value is -2.41. The lowest BCUT2D eigenvalue weighted by Gasteiger charge is -2.17. The second-order valence-corrected chi connectivity index (χ2v) is 5.61. The summed E-state index contributed by atoms with van der Waals surface area (Å²) in [5.74, 6) is 0.555. The summed E-state index contributed by atoms with van der Waals surface area (Å²) >= 11 is 1.41. The number of nitrogens with zero attached hydrogens (tertiary/aromatic N) is 5. The van der Waals surface area contributed by atoms with Crippen molar-refractivity contribution in [3.8, 4) is 11.1 Å². The number of anilines is 2. The van der Waals surface area contributed by atoms with Crippen LogP contribution in [0.1, 0.15) is 5.56 Å². The van der Waals surface area contributed by atoms with E-state index in [-0.39, 0.29) is 0 Å². The lowest BCUT2D eigenvalue weighted by atomic mass is 10.1. The van der Waals surface area contributed by atoms with Crippen molar-refractivity contribution in [2.24, 2.45) is 7.05 Å². The summed E-state index contributed by atoms with van der Waals surface area (Å²) in [4.78, 5) is 6.19. The van der Waals surface area contributed by atoms with E-state index < -0.39 is 0 Å². The minimum atomic E-state index is 0.555. The molecule has 0 unspecified atom stereocenters. The summed E-state index contributed by atoms with van der Waals surface area (Å²) in [7, 11) is 3.95. The first-order valence-electron chi connectivity index (χ1n) is 6.49. The van der Waals surface area contributed by atoms with Gasteiger partial charge in [-0.25, -0.2) is 0 Å². The van der Waals surface area contributed by atoms with Crippen molar-refractivity contribution < 1.29 is 0 Å². The van der Waals surface area contributed by atoms with Gasteiger partial charge < -0.3 is 10.6 Å². The van der Waals surface area contributed by atoms with E-state index in [9.17, 15) is 0 Å². The highest BCUT2D eigenvalue weighted by Crippen LogP contribution is 2.38. The maximum absolute atomic E-state index is 6.04. The van der Waals surface area contributed by atoms with Crippen LogP contribution in [0.25, 0.3) is 11.1 Å². The largest absolute Gasteiger partial charge is 0.382 e. The number of hydrogen-bond donors (Lipinski definition) is 1.